The van der Waals surface area contributed by atoms with Crippen LogP contribution < -0.4 is 0 Å². The van der Waals surface area contributed by atoms with Gasteiger partial charge in [0.15, 0.2) is 0 Å². The first-order valence-corrected chi connectivity index (χ1v) is 5.05. The van der Waals surface area contributed by atoms with E-state index in [0.29, 0.717) is 10.9 Å². The minimum absolute atomic E-state index is 0.121. The van der Waals surface area contributed by atoms with Gasteiger partial charge in [0.05, 0.1) is 23.9 Å². The zero-order valence-corrected chi connectivity index (χ0v) is 9.78. The molecule has 2 heterocycles. The molecule has 18 heavy (non-hydrogen) atoms. The summed E-state index contributed by atoms with van der Waals surface area (Å²) in [5.74, 6) is -0.603. The van der Waals surface area contributed by atoms with Gasteiger partial charge in [0.2, 0.25) is 0 Å². The number of carbonyl (C=O) groups excluding carboxylic acids is 1. The Bertz CT molecular complexity index is 676. The maximum Gasteiger partial charge on any atom is 0.339 e. The number of fused-ring (bicyclic) bond motifs is 1. The first kappa shape index (κ1) is 11.8. The van der Waals surface area contributed by atoms with E-state index in [0.717, 1.165) is 5.56 Å². The third-order valence-electron chi connectivity index (χ3n) is 2.48. The number of azide groups is 1. The molecule has 0 saturated heterocycles. The summed E-state index contributed by atoms with van der Waals surface area (Å²) in [6, 6.07) is 0. The van der Waals surface area contributed by atoms with Crippen molar-refractivity contribution in [3.63, 3.8) is 0 Å². The van der Waals surface area contributed by atoms with Gasteiger partial charge in [0, 0.05) is 28.9 Å². The Balaban J connectivity index is 2.87. The van der Waals surface area contributed by atoms with Crippen LogP contribution >= 0.6 is 0 Å². The van der Waals surface area contributed by atoms with Crippen LogP contribution in [0.3, 0.4) is 0 Å². The third-order valence-corrected chi connectivity index (χ3v) is 2.48. The van der Waals surface area contributed by atoms with Crippen LogP contribution in [-0.2, 0) is 4.74 Å². The lowest BCUT2D eigenvalue weighted by Gasteiger charge is -2.07. The maximum atomic E-state index is 11.6. The van der Waals surface area contributed by atoms with Crippen molar-refractivity contribution in [3.8, 4) is 0 Å². The van der Waals surface area contributed by atoms with Gasteiger partial charge in [-0.05, 0) is 18.0 Å². The number of hydrogen-bond donors (Lipinski definition) is 0. The molecule has 7 nitrogen and oxygen atoms in total. The summed E-state index contributed by atoms with van der Waals surface area (Å²) in [6.45, 7) is 1.83. The number of carbonyl (C=O) groups is 1. The third kappa shape index (κ3) is 1.83. The average Bonchev–Trinajstić information content (AvgIpc) is 2.39. The summed E-state index contributed by atoms with van der Waals surface area (Å²) in [7, 11) is 1.25. The number of rotatable bonds is 2. The van der Waals surface area contributed by atoms with E-state index in [9.17, 15) is 4.79 Å². The molecule has 0 radical (unpaired) electrons. The Hall–Kier alpha value is -2.66. The Morgan fingerprint density at radius 2 is 2.22 bits per heavy atom. The Morgan fingerprint density at radius 1 is 1.44 bits per heavy atom. The van der Waals surface area contributed by atoms with Gasteiger partial charge in [-0.15, -0.1) is 0 Å². The van der Waals surface area contributed by atoms with Crippen LogP contribution in [0.25, 0.3) is 21.3 Å². The van der Waals surface area contributed by atoms with Crippen LogP contribution in [0.2, 0.25) is 0 Å². The zero-order valence-electron chi connectivity index (χ0n) is 9.78. The molecule has 0 N–H and O–H groups in total. The Morgan fingerprint density at radius 3 is 2.89 bits per heavy atom. The van der Waals surface area contributed by atoms with Crippen LogP contribution in [0.5, 0.6) is 0 Å². The van der Waals surface area contributed by atoms with Crippen LogP contribution in [0.1, 0.15) is 15.9 Å². The highest BCUT2D eigenvalue weighted by Crippen LogP contribution is 2.30. The monoisotopic (exact) mass is 243 g/mol. The van der Waals surface area contributed by atoms with Crippen molar-refractivity contribution in [1.82, 2.24) is 9.97 Å². The normalized spacial score (nSPS) is 9.89. The molecule has 2 aromatic rings. The molecule has 0 aliphatic heterocycles. The highest BCUT2D eigenvalue weighted by Gasteiger charge is 2.15. The molecule has 0 amide bonds. The zero-order chi connectivity index (χ0) is 13.1. The van der Waals surface area contributed by atoms with Crippen molar-refractivity contribution < 1.29 is 9.53 Å². The molecule has 2 aromatic heterocycles. The predicted molar refractivity (Wildman–Crippen MR) is 64.4 cm³/mol. The molecule has 0 aromatic carbocycles. The topological polar surface area (TPSA) is 101 Å². The molecule has 0 atom stereocenters. The van der Waals surface area contributed by atoms with Crippen LogP contribution in [0.15, 0.2) is 23.7 Å². The molecule has 0 saturated carbocycles. The summed E-state index contributed by atoms with van der Waals surface area (Å²) < 4.78 is 4.62. The first-order chi connectivity index (χ1) is 8.69. The fraction of sp³-hybridized carbons (Fsp3) is 0.182. The minimum atomic E-state index is -0.603. The molecule has 0 unspecified atom stereocenters. The van der Waals surface area contributed by atoms with Gasteiger partial charge in [0.25, 0.3) is 0 Å². The molecular weight excluding hydrogens is 234 g/mol. The lowest BCUT2D eigenvalue weighted by molar-refractivity contribution is 0.0601. The highest BCUT2D eigenvalue weighted by molar-refractivity contribution is 6.03. The van der Waals surface area contributed by atoms with E-state index in [4.69, 9.17) is 5.53 Å². The molecular formula is C11H9N5O2. The van der Waals surface area contributed by atoms with Gasteiger partial charge in [-0.1, -0.05) is 5.11 Å². The van der Waals surface area contributed by atoms with Gasteiger partial charge >= 0.3 is 5.97 Å². The van der Waals surface area contributed by atoms with E-state index in [1.807, 2.05) is 6.92 Å². The van der Waals surface area contributed by atoms with Gasteiger partial charge < -0.3 is 4.74 Å². The second kappa shape index (κ2) is 4.68. The summed E-state index contributed by atoms with van der Waals surface area (Å²) in [5, 5.41) is 4.07. The molecule has 7 heteroatoms. The number of pyridine rings is 2. The Kier molecular flexibility index (Phi) is 3.07. The van der Waals surface area contributed by atoms with E-state index < -0.39 is 5.97 Å². The lowest BCUT2D eigenvalue weighted by atomic mass is 10.1. The molecule has 0 aliphatic rings. The van der Waals surface area contributed by atoms with Crippen LogP contribution in [-0.4, -0.2) is 23.0 Å². The maximum absolute atomic E-state index is 11.6. The van der Waals surface area contributed by atoms with Crippen molar-refractivity contribution >= 4 is 22.6 Å². The summed E-state index contributed by atoms with van der Waals surface area (Å²) in [4.78, 5) is 22.5. The second-order valence-corrected chi connectivity index (χ2v) is 3.55. The van der Waals surface area contributed by atoms with E-state index in [1.165, 1.54) is 19.5 Å². The summed E-state index contributed by atoms with van der Waals surface area (Å²) in [6.07, 6.45) is 4.49. The fourth-order valence-electron chi connectivity index (χ4n) is 1.65. The van der Waals surface area contributed by atoms with E-state index >= 15 is 0 Å². The van der Waals surface area contributed by atoms with Gasteiger partial charge in [-0.2, -0.15) is 0 Å². The molecule has 2 rings (SSSR count). The van der Waals surface area contributed by atoms with Crippen molar-refractivity contribution in [2.24, 2.45) is 5.11 Å². The van der Waals surface area contributed by atoms with Gasteiger partial charge in [-0.3, -0.25) is 9.97 Å². The van der Waals surface area contributed by atoms with Crippen molar-refractivity contribution in [3.05, 3.63) is 40.2 Å². The average molecular weight is 243 g/mol. The molecule has 0 bridgehead atoms. The van der Waals surface area contributed by atoms with Crippen LogP contribution in [0.4, 0.5) is 5.69 Å². The number of aryl methyl sites for hydroxylation is 1. The highest BCUT2D eigenvalue weighted by atomic mass is 16.5. The number of methoxy groups -OCH3 is 1. The SMILES string of the molecule is COC(=O)c1cnc2c(C)cncc2c1N=[N+]=[N-]. The van der Waals surface area contributed by atoms with Gasteiger partial charge in [0.1, 0.15) is 0 Å². The van der Waals surface area contributed by atoms with Crippen molar-refractivity contribution in [1.29, 1.82) is 0 Å². The van der Waals surface area contributed by atoms with Crippen molar-refractivity contribution in [2.75, 3.05) is 7.11 Å². The first-order valence-electron chi connectivity index (χ1n) is 5.05. The smallest absolute Gasteiger partial charge is 0.339 e. The second-order valence-electron chi connectivity index (χ2n) is 3.55. The van der Waals surface area contributed by atoms with E-state index in [2.05, 4.69) is 24.7 Å². The predicted octanol–water partition coefficient (Wildman–Crippen LogP) is 2.67. The molecule has 0 fully saturated rings. The van der Waals surface area contributed by atoms with E-state index in [1.54, 1.807) is 6.20 Å². The molecule has 90 valence electrons. The van der Waals surface area contributed by atoms with E-state index in [-0.39, 0.29) is 11.3 Å². The minimum Gasteiger partial charge on any atom is -0.465 e. The number of aromatic nitrogens is 2. The fourth-order valence-corrected chi connectivity index (χ4v) is 1.65. The standard InChI is InChI=1S/C11H9N5O2/c1-6-3-13-4-7-9(6)14-5-8(11(17)18-2)10(7)15-16-12/h3-5H,1-2H3. The van der Waals surface area contributed by atoms with Crippen LogP contribution in [0, 0.1) is 6.92 Å². The number of esters is 1. The summed E-state index contributed by atoms with van der Waals surface area (Å²) in [5.41, 5.74) is 10.4. The molecule has 0 spiro atoms. The number of nitrogens with zero attached hydrogens (tertiary/aromatic N) is 5. The summed E-state index contributed by atoms with van der Waals surface area (Å²) >= 11 is 0. The van der Waals surface area contributed by atoms with Crippen molar-refractivity contribution in [2.45, 2.75) is 6.92 Å². The largest absolute Gasteiger partial charge is 0.465 e. The number of hydrogen-bond acceptors (Lipinski definition) is 5. The van der Waals surface area contributed by atoms with Gasteiger partial charge in [-0.25, -0.2) is 4.79 Å². The quantitative estimate of drug-likeness (QED) is 0.350. The Labute approximate surface area is 102 Å². The lowest BCUT2D eigenvalue weighted by Crippen LogP contribution is -2.03. The number of ether oxygens (including phenoxy) is 1. The molecule has 0 aliphatic carbocycles.